The number of aromatic nitrogens is 4. The van der Waals surface area contributed by atoms with Gasteiger partial charge in [0.05, 0.1) is 22.4 Å². The van der Waals surface area contributed by atoms with E-state index in [1.807, 2.05) is 0 Å². The summed E-state index contributed by atoms with van der Waals surface area (Å²) in [5.41, 5.74) is 2.34. The fourth-order valence-electron chi connectivity index (χ4n) is 4.47. The van der Waals surface area contributed by atoms with Gasteiger partial charge in [-0.3, -0.25) is 24.0 Å². The highest BCUT2D eigenvalue weighted by Crippen LogP contribution is 2.30. The van der Waals surface area contributed by atoms with E-state index in [2.05, 4.69) is 29.7 Å². The van der Waals surface area contributed by atoms with Gasteiger partial charge in [0.15, 0.2) is 5.82 Å². The Balaban J connectivity index is 1.31. The number of aryl methyl sites for hydroxylation is 1. The number of halogens is 1. The van der Waals surface area contributed by atoms with Crippen LogP contribution in [0.1, 0.15) is 10.5 Å². The first kappa shape index (κ1) is 25.3. The van der Waals surface area contributed by atoms with Gasteiger partial charge in [-0.25, -0.2) is 13.2 Å². The summed E-state index contributed by atoms with van der Waals surface area (Å²) in [5, 5.41) is 8.29. The number of hydrogen-bond acceptors (Lipinski definition) is 7. The maximum Gasteiger partial charge on any atom is 0.439 e. The predicted octanol–water partition coefficient (Wildman–Crippen LogP) is 4.78. The molecule has 3 aromatic heterocycles. The Kier molecular flexibility index (Phi) is 6.12. The van der Waals surface area contributed by atoms with Gasteiger partial charge in [-0.1, -0.05) is 41.0 Å². The number of aromatic amines is 1. The summed E-state index contributed by atoms with van der Waals surface area (Å²) in [4.78, 5) is 31.5. The van der Waals surface area contributed by atoms with Crippen LogP contribution < -0.4 is 15.8 Å². The Bertz CT molecular complexity index is 2110. The van der Waals surface area contributed by atoms with Gasteiger partial charge in [-0.05, 0) is 48.5 Å². The second-order valence-corrected chi connectivity index (χ2v) is 11.0. The van der Waals surface area contributed by atoms with E-state index in [0.29, 0.717) is 44.1 Å². The van der Waals surface area contributed by atoms with Crippen LogP contribution in [0.3, 0.4) is 0 Å². The van der Waals surface area contributed by atoms with Gasteiger partial charge in [0, 0.05) is 34.6 Å². The Morgan fingerprint density at radius 2 is 1.85 bits per heavy atom. The minimum atomic E-state index is -3.96. The third-order valence-corrected chi connectivity index (χ3v) is 7.99. The van der Waals surface area contributed by atoms with Crippen molar-refractivity contribution >= 4 is 60.7 Å². The Morgan fingerprint density at radius 1 is 1.02 bits per heavy atom. The van der Waals surface area contributed by atoms with Crippen LogP contribution in [0.25, 0.3) is 33.2 Å². The van der Waals surface area contributed by atoms with Crippen molar-refractivity contribution in [1.29, 1.82) is 0 Å². The molecule has 0 spiro atoms. The summed E-state index contributed by atoms with van der Waals surface area (Å²) >= 11 is 6.11. The predicted molar refractivity (Wildman–Crippen MR) is 151 cm³/mol. The number of pyridine rings is 1. The lowest BCUT2D eigenvalue weighted by atomic mass is 10.1. The average Bonchev–Trinajstić information content (AvgIpc) is 3.52. The van der Waals surface area contributed by atoms with Gasteiger partial charge in [0.2, 0.25) is 0 Å². The van der Waals surface area contributed by atoms with Crippen LogP contribution in [0.2, 0.25) is 5.02 Å². The average molecular weight is 575 g/mol. The van der Waals surface area contributed by atoms with Crippen molar-refractivity contribution in [3.05, 3.63) is 100 Å². The van der Waals surface area contributed by atoms with E-state index < -0.39 is 21.7 Å². The smallest absolute Gasteiger partial charge is 0.340 e. The number of H-pyrrole nitrogens is 1. The first-order valence-corrected chi connectivity index (χ1v) is 13.7. The largest absolute Gasteiger partial charge is 0.439 e. The van der Waals surface area contributed by atoms with Crippen molar-refractivity contribution in [1.82, 2.24) is 19.7 Å². The first-order valence-electron chi connectivity index (χ1n) is 11.8. The summed E-state index contributed by atoms with van der Waals surface area (Å²) in [6.07, 6.45) is 1.54. The van der Waals surface area contributed by atoms with Gasteiger partial charge < -0.3 is 9.88 Å². The number of anilines is 2. The van der Waals surface area contributed by atoms with Crippen molar-refractivity contribution in [3.8, 4) is 11.4 Å². The number of nitrogens with zero attached hydrogens (tertiary/aromatic N) is 3. The highest BCUT2D eigenvalue weighted by molar-refractivity contribution is 7.93. The number of nitrogens with one attached hydrogen (secondary N) is 3. The van der Waals surface area contributed by atoms with Crippen LogP contribution in [-0.4, -0.2) is 34.0 Å². The van der Waals surface area contributed by atoms with Crippen LogP contribution in [0, 0.1) is 0 Å². The van der Waals surface area contributed by atoms with Gasteiger partial charge >= 0.3 is 5.76 Å². The van der Waals surface area contributed by atoms with Gasteiger partial charge in [-0.15, -0.1) is 0 Å². The molecule has 0 aliphatic rings. The number of fused-ring (bicyclic) bond motifs is 2. The fourth-order valence-corrected chi connectivity index (χ4v) is 5.87. The zero-order valence-corrected chi connectivity index (χ0v) is 22.2. The molecule has 3 aromatic carbocycles. The number of benzene rings is 3. The third kappa shape index (κ3) is 4.59. The van der Waals surface area contributed by atoms with Crippen LogP contribution >= 0.6 is 11.6 Å². The summed E-state index contributed by atoms with van der Waals surface area (Å²) in [7, 11) is -2.26. The molecule has 6 aromatic rings. The molecule has 13 heteroatoms. The molecule has 0 atom stereocenters. The Hall–Kier alpha value is -4.94. The molecule has 40 heavy (non-hydrogen) atoms. The van der Waals surface area contributed by atoms with Gasteiger partial charge in [-0.2, -0.15) is 0 Å². The van der Waals surface area contributed by atoms with Crippen LogP contribution in [0.5, 0.6) is 0 Å². The number of sulfonamides is 1. The van der Waals surface area contributed by atoms with Crippen molar-refractivity contribution in [2.75, 3.05) is 10.0 Å². The van der Waals surface area contributed by atoms with E-state index in [9.17, 15) is 18.0 Å². The van der Waals surface area contributed by atoms with Crippen LogP contribution in [-0.2, 0) is 17.1 Å². The molecule has 0 unspecified atom stereocenters. The molecule has 0 saturated heterocycles. The molecule has 200 valence electrons. The standard InChI is InChI=1S/C27H19ClN6O5S/c1-34-21-14-18(33-40(37,38)23-6-2-4-15-5-3-11-29-24(15)23)9-7-16(21)12-22(34)26(35)30-20-10-8-17(28)13-19(20)25-31-27(36)39-32-25/h2-14,33H,1H3,(H,30,35)(H,31,32,36). The van der Waals surface area contributed by atoms with Gasteiger partial charge in [0.25, 0.3) is 15.9 Å². The molecular weight excluding hydrogens is 556 g/mol. The molecule has 0 bridgehead atoms. The third-order valence-electron chi connectivity index (χ3n) is 6.34. The molecule has 0 fully saturated rings. The minimum Gasteiger partial charge on any atom is -0.340 e. The number of hydrogen-bond donors (Lipinski definition) is 3. The topological polar surface area (TPSA) is 152 Å². The molecule has 6 rings (SSSR count). The molecule has 3 N–H and O–H groups in total. The molecular formula is C27H19ClN6O5S. The lowest BCUT2D eigenvalue weighted by Gasteiger charge is -2.11. The molecule has 1 amide bonds. The van der Waals surface area contributed by atoms with Crippen molar-refractivity contribution in [3.63, 3.8) is 0 Å². The van der Waals surface area contributed by atoms with E-state index >= 15 is 0 Å². The summed E-state index contributed by atoms with van der Waals surface area (Å²) in [6, 6.07) is 19.9. The molecule has 0 radical (unpaired) electrons. The minimum absolute atomic E-state index is 0.0601. The number of para-hydroxylation sites is 1. The van der Waals surface area contributed by atoms with E-state index in [1.165, 1.54) is 12.1 Å². The normalized spacial score (nSPS) is 11.7. The second-order valence-electron chi connectivity index (χ2n) is 8.89. The molecule has 0 aliphatic carbocycles. The van der Waals surface area contributed by atoms with Crippen molar-refractivity contribution < 1.29 is 17.7 Å². The maximum atomic E-state index is 13.3. The van der Waals surface area contributed by atoms with E-state index in [-0.39, 0.29) is 10.7 Å². The first-order chi connectivity index (χ1) is 19.2. The Labute approximate surface area is 231 Å². The molecule has 0 aliphatic heterocycles. The summed E-state index contributed by atoms with van der Waals surface area (Å²) < 4.78 is 35.4. The lowest BCUT2D eigenvalue weighted by Crippen LogP contribution is -2.16. The van der Waals surface area contributed by atoms with Crippen LogP contribution in [0.4, 0.5) is 11.4 Å². The number of carbonyl (C=O) groups excluding carboxylic acids is 1. The Morgan fingerprint density at radius 3 is 2.65 bits per heavy atom. The van der Waals surface area contributed by atoms with Crippen LogP contribution in [0.15, 0.2) is 93.2 Å². The highest BCUT2D eigenvalue weighted by atomic mass is 35.5. The van der Waals surface area contributed by atoms with E-state index in [0.717, 1.165) is 5.39 Å². The van der Waals surface area contributed by atoms with E-state index in [4.69, 9.17) is 11.6 Å². The summed E-state index contributed by atoms with van der Waals surface area (Å²) in [6.45, 7) is 0. The molecule has 3 heterocycles. The zero-order chi connectivity index (χ0) is 28.0. The quantitative estimate of drug-likeness (QED) is 0.259. The van der Waals surface area contributed by atoms with Gasteiger partial charge in [0.1, 0.15) is 10.6 Å². The SMILES string of the molecule is Cn1c(C(=O)Nc2ccc(Cl)cc2-c2noc(=O)[nH]2)cc2ccc(NS(=O)(=O)c3cccc4cccnc34)cc21. The molecule has 11 nitrogen and oxygen atoms in total. The summed E-state index contributed by atoms with van der Waals surface area (Å²) in [5.74, 6) is -1.08. The van der Waals surface area contributed by atoms with Crippen molar-refractivity contribution in [2.45, 2.75) is 4.90 Å². The second kappa shape index (κ2) is 9.67. The lowest BCUT2D eigenvalue weighted by molar-refractivity contribution is 0.101. The van der Waals surface area contributed by atoms with E-state index in [1.54, 1.807) is 78.5 Å². The van der Waals surface area contributed by atoms with Crippen molar-refractivity contribution in [2.24, 2.45) is 7.05 Å². The maximum absolute atomic E-state index is 13.3. The number of carbonyl (C=O) groups is 1. The number of amides is 1. The highest BCUT2D eigenvalue weighted by Gasteiger charge is 2.21. The number of rotatable bonds is 6. The fraction of sp³-hybridized carbons (Fsp3) is 0.0370. The monoisotopic (exact) mass is 574 g/mol. The molecule has 0 saturated carbocycles. The zero-order valence-electron chi connectivity index (χ0n) is 20.7.